The molecule has 4 heteroatoms. The molecule has 0 aliphatic heterocycles. The topological polar surface area (TPSA) is 45.8 Å². The predicted molar refractivity (Wildman–Crippen MR) is 52.9 cm³/mol. The molecule has 1 N–H and O–H groups in total. The molecular weight excluding hydrogens is 184 g/mol. The lowest BCUT2D eigenvalue weighted by Crippen LogP contribution is -2.08. The standard InChI is InChI=1S/C9H8N2OS/c1-6-7(2-3-13-6)8-4-10-5-11-9(8)12/h2-5H,1H3,(H,10,11,12). The van der Waals surface area contributed by atoms with Crippen LogP contribution in [0.4, 0.5) is 0 Å². The number of nitrogens with zero attached hydrogens (tertiary/aromatic N) is 1. The second-order valence-electron chi connectivity index (χ2n) is 2.68. The Kier molecular flexibility index (Phi) is 1.98. The Morgan fingerprint density at radius 1 is 1.46 bits per heavy atom. The maximum absolute atomic E-state index is 11.4. The summed E-state index contributed by atoms with van der Waals surface area (Å²) in [5, 5.41) is 1.97. The van der Waals surface area contributed by atoms with E-state index >= 15 is 0 Å². The van der Waals surface area contributed by atoms with Gasteiger partial charge in [0.2, 0.25) is 0 Å². The van der Waals surface area contributed by atoms with Gasteiger partial charge in [-0.15, -0.1) is 11.3 Å². The van der Waals surface area contributed by atoms with Gasteiger partial charge in [0.25, 0.3) is 5.56 Å². The number of hydrogen-bond acceptors (Lipinski definition) is 3. The minimum absolute atomic E-state index is 0.0866. The molecule has 13 heavy (non-hydrogen) atoms. The van der Waals surface area contributed by atoms with Crippen LogP contribution in [-0.2, 0) is 0 Å². The second-order valence-corrected chi connectivity index (χ2v) is 3.81. The minimum atomic E-state index is -0.0866. The van der Waals surface area contributed by atoms with Crippen LogP contribution < -0.4 is 5.56 Å². The first kappa shape index (κ1) is 8.19. The summed E-state index contributed by atoms with van der Waals surface area (Å²) >= 11 is 1.63. The van der Waals surface area contributed by atoms with Gasteiger partial charge < -0.3 is 4.98 Å². The van der Waals surface area contributed by atoms with Crippen molar-refractivity contribution in [2.45, 2.75) is 6.92 Å². The van der Waals surface area contributed by atoms with Gasteiger partial charge >= 0.3 is 0 Å². The number of hydrogen-bond donors (Lipinski definition) is 1. The maximum atomic E-state index is 11.4. The highest BCUT2D eigenvalue weighted by Crippen LogP contribution is 2.23. The van der Waals surface area contributed by atoms with E-state index in [9.17, 15) is 4.79 Å². The minimum Gasteiger partial charge on any atom is -0.313 e. The number of thiophene rings is 1. The fraction of sp³-hybridized carbons (Fsp3) is 0.111. The molecule has 0 saturated carbocycles. The van der Waals surface area contributed by atoms with E-state index in [-0.39, 0.29) is 5.56 Å². The van der Waals surface area contributed by atoms with Gasteiger partial charge in [0, 0.05) is 16.6 Å². The molecule has 0 spiro atoms. The van der Waals surface area contributed by atoms with Gasteiger partial charge in [-0.3, -0.25) is 4.79 Å². The molecule has 0 atom stereocenters. The van der Waals surface area contributed by atoms with Crippen LogP contribution >= 0.6 is 11.3 Å². The number of rotatable bonds is 1. The SMILES string of the molecule is Cc1sccc1-c1cnc[nH]c1=O. The van der Waals surface area contributed by atoms with E-state index in [0.717, 1.165) is 10.4 Å². The summed E-state index contributed by atoms with van der Waals surface area (Å²) in [6, 6.07) is 1.94. The summed E-state index contributed by atoms with van der Waals surface area (Å²) in [5.41, 5.74) is 1.53. The van der Waals surface area contributed by atoms with Crippen molar-refractivity contribution >= 4 is 11.3 Å². The normalized spacial score (nSPS) is 10.2. The first-order valence-corrected chi connectivity index (χ1v) is 4.74. The van der Waals surface area contributed by atoms with Crippen molar-refractivity contribution in [3.05, 3.63) is 39.2 Å². The van der Waals surface area contributed by atoms with Crippen LogP contribution in [0.2, 0.25) is 0 Å². The third-order valence-corrected chi connectivity index (χ3v) is 2.71. The van der Waals surface area contributed by atoms with Crippen molar-refractivity contribution in [2.24, 2.45) is 0 Å². The number of nitrogens with one attached hydrogen (secondary N) is 1. The van der Waals surface area contributed by atoms with Gasteiger partial charge in [-0.25, -0.2) is 4.98 Å². The third kappa shape index (κ3) is 1.40. The van der Waals surface area contributed by atoms with E-state index in [1.807, 2.05) is 18.4 Å². The van der Waals surface area contributed by atoms with Crippen LogP contribution in [0.5, 0.6) is 0 Å². The quantitative estimate of drug-likeness (QED) is 0.749. The van der Waals surface area contributed by atoms with Crippen LogP contribution in [0.3, 0.4) is 0 Å². The van der Waals surface area contributed by atoms with Gasteiger partial charge in [-0.1, -0.05) is 0 Å². The van der Waals surface area contributed by atoms with Crippen LogP contribution in [0.1, 0.15) is 4.88 Å². The predicted octanol–water partition coefficient (Wildman–Crippen LogP) is 1.81. The monoisotopic (exact) mass is 192 g/mol. The zero-order chi connectivity index (χ0) is 9.26. The second kappa shape index (κ2) is 3.14. The zero-order valence-electron chi connectivity index (χ0n) is 7.07. The highest BCUT2D eigenvalue weighted by Gasteiger charge is 2.06. The molecule has 0 unspecified atom stereocenters. The molecule has 0 amide bonds. The molecule has 0 fully saturated rings. The Bertz CT molecular complexity index is 472. The van der Waals surface area contributed by atoms with E-state index in [1.165, 1.54) is 6.33 Å². The zero-order valence-corrected chi connectivity index (χ0v) is 7.89. The van der Waals surface area contributed by atoms with E-state index in [4.69, 9.17) is 0 Å². The smallest absolute Gasteiger partial charge is 0.258 e. The molecule has 0 aliphatic carbocycles. The molecule has 2 aromatic heterocycles. The highest BCUT2D eigenvalue weighted by atomic mass is 32.1. The van der Waals surface area contributed by atoms with Crippen LogP contribution in [0.25, 0.3) is 11.1 Å². The number of aromatic amines is 1. The fourth-order valence-corrected chi connectivity index (χ4v) is 1.91. The van der Waals surface area contributed by atoms with Gasteiger partial charge in [-0.05, 0) is 18.4 Å². The molecule has 0 aromatic carbocycles. The van der Waals surface area contributed by atoms with Gasteiger partial charge in [-0.2, -0.15) is 0 Å². The Hall–Kier alpha value is -1.42. The van der Waals surface area contributed by atoms with Crippen LogP contribution in [-0.4, -0.2) is 9.97 Å². The molecule has 2 aromatic rings. The maximum Gasteiger partial charge on any atom is 0.258 e. The van der Waals surface area contributed by atoms with E-state index in [2.05, 4.69) is 9.97 Å². The largest absolute Gasteiger partial charge is 0.313 e. The molecule has 0 aliphatic rings. The third-order valence-electron chi connectivity index (χ3n) is 1.87. The molecule has 66 valence electrons. The van der Waals surface area contributed by atoms with Crippen molar-refractivity contribution in [1.29, 1.82) is 0 Å². The molecule has 3 nitrogen and oxygen atoms in total. The molecule has 2 rings (SSSR count). The Labute approximate surface area is 79.1 Å². The van der Waals surface area contributed by atoms with Crippen LogP contribution in [0.15, 0.2) is 28.8 Å². The van der Waals surface area contributed by atoms with E-state index in [1.54, 1.807) is 17.5 Å². The molecular formula is C9H8N2OS. The number of H-pyrrole nitrogens is 1. The van der Waals surface area contributed by atoms with Gasteiger partial charge in [0.05, 0.1) is 11.9 Å². The first-order valence-electron chi connectivity index (χ1n) is 3.86. The highest BCUT2D eigenvalue weighted by molar-refractivity contribution is 7.10. The molecule has 0 saturated heterocycles. The Morgan fingerprint density at radius 3 is 2.92 bits per heavy atom. The van der Waals surface area contributed by atoms with Crippen molar-refractivity contribution in [3.63, 3.8) is 0 Å². The summed E-state index contributed by atoms with van der Waals surface area (Å²) in [5.74, 6) is 0. The lowest BCUT2D eigenvalue weighted by atomic mass is 10.1. The summed E-state index contributed by atoms with van der Waals surface area (Å²) in [4.78, 5) is 19.0. The molecule has 0 radical (unpaired) electrons. The molecule has 0 bridgehead atoms. The van der Waals surface area contributed by atoms with Crippen molar-refractivity contribution in [1.82, 2.24) is 9.97 Å². The van der Waals surface area contributed by atoms with E-state index < -0.39 is 0 Å². The summed E-state index contributed by atoms with van der Waals surface area (Å²) in [7, 11) is 0. The number of aryl methyl sites for hydroxylation is 1. The average Bonchev–Trinajstić information content (AvgIpc) is 2.52. The van der Waals surface area contributed by atoms with E-state index in [0.29, 0.717) is 5.56 Å². The van der Waals surface area contributed by atoms with Crippen molar-refractivity contribution in [3.8, 4) is 11.1 Å². The number of aromatic nitrogens is 2. The lowest BCUT2D eigenvalue weighted by molar-refractivity contribution is 1.12. The lowest BCUT2D eigenvalue weighted by Gasteiger charge is -1.96. The average molecular weight is 192 g/mol. The van der Waals surface area contributed by atoms with Crippen molar-refractivity contribution < 1.29 is 0 Å². The Morgan fingerprint density at radius 2 is 2.31 bits per heavy atom. The fourth-order valence-electron chi connectivity index (χ4n) is 1.20. The summed E-state index contributed by atoms with van der Waals surface area (Å²) in [6.45, 7) is 1.99. The first-order chi connectivity index (χ1) is 6.29. The van der Waals surface area contributed by atoms with Crippen molar-refractivity contribution in [2.75, 3.05) is 0 Å². The van der Waals surface area contributed by atoms with Crippen LogP contribution in [0, 0.1) is 6.92 Å². The van der Waals surface area contributed by atoms with Gasteiger partial charge in [0.15, 0.2) is 0 Å². The van der Waals surface area contributed by atoms with Gasteiger partial charge in [0.1, 0.15) is 0 Å². The summed E-state index contributed by atoms with van der Waals surface area (Å²) < 4.78 is 0. The molecule has 2 heterocycles. The summed E-state index contributed by atoms with van der Waals surface area (Å²) in [6.07, 6.45) is 2.99. The Balaban J connectivity index is 2.66.